The molecule has 0 amide bonds. The van der Waals surface area contributed by atoms with Crippen LogP contribution in [-0.2, 0) is 4.79 Å². The molecule has 2 nitrogen and oxygen atoms in total. The Kier molecular flexibility index (Phi) is 7.00. The minimum absolute atomic E-state index is 0.205. The van der Waals surface area contributed by atoms with Gasteiger partial charge in [0.1, 0.15) is 5.78 Å². The fraction of sp³-hybridized carbons (Fsp3) is 0.778. The quantitative estimate of drug-likeness (QED) is 0.445. The van der Waals surface area contributed by atoms with E-state index in [4.69, 9.17) is 5.41 Å². The second-order valence-electron chi connectivity index (χ2n) is 2.76. The third kappa shape index (κ3) is 7.23. The van der Waals surface area contributed by atoms with Gasteiger partial charge in [0.2, 0.25) is 0 Å². The summed E-state index contributed by atoms with van der Waals surface area (Å²) in [6.07, 6.45) is 6.75. The van der Waals surface area contributed by atoms with E-state index in [0.29, 0.717) is 12.8 Å². The third-order valence-electron chi connectivity index (χ3n) is 1.64. The Morgan fingerprint density at radius 3 is 2.64 bits per heavy atom. The molecule has 0 heterocycles. The van der Waals surface area contributed by atoms with Crippen LogP contribution in [0.1, 0.15) is 45.4 Å². The molecule has 0 unspecified atom stereocenters. The number of hydrogen-bond donors (Lipinski definition) is 1. The van der Waals surface area contributed by atoms with Crippen LogP contribution in [0.3, 0.4) is 0 Å². The van der Waals surface area contributed by atoms with Gasteiger partial charge in [-0.3, -0.25) is 4.79 Å². The molecule has 0 aliphatic heterocycles. The van der Waals surface area contributed by atoms with Gasteiger partial charge in [-0.1, -0.05) is 26.2 Å². The summed E-state index contributed by atoms with van der Waals surface area (Å²) >= 11 is 0. The maximum atomic E-state index is 10.9. The zero-order valence-electron chi connectivity index (χ0n) is 7.23. The molecule has 0 rings (SSSR count). The SMILES string of the molecule is CCCCCCC(=O)CC=N. The van der Waals surface area contributed by atoms with Crippen LogP contribution in [0, 0.1) is 5.41 Å². The van der Waals surface area contributed by atoms with Crippen molar-refractivity contribution in [3.8, 4) is 0 Å². The molecular formula is C9H17NO. The minimum atomic E-state index is 0.205. The van der Waals surface area contributed by atoms with Crippen LogP contribution in [-0.4, -0.2) is 12.0 Å². The van der Waals surface area contributed by atoms with Crippen molar-refractivity contribution in [3.05, 3.63) is 0 Å². The van der Waals surface area contributed by atoms with Gasteiger partial charge in [-0.25, -0.2) is 0 Å². The smallest absolute Gasteiger partial charge is 0.138 e. The standard InChI is InChI=1S/C9H17NO/c1-2-3-4-5-6-9(11)7-8-10/h8,10H,2-7H2,1H3. The van der Waals surface area contributed by atoms with E-state index in [1.54, 1.807) is 0 Å². The van der Waals surface area contributed by atoms with E-state index in [0.717, 1.165) is 12.8 Å². The maximum absolute atomic E-state index is 10.9. The molecule has 0 atom stereocenters. The molecule has 11 heavy (non-hydrogen) atoms. The van der Waals surface area contributed by atoms with Crippen molar-refractivity contribution in [3.63, 3.8) is 0 Å². The lowest BCUT2D eigenvalue weighted by Gasteiger charge is -1.96. The lowest BCUT2D eigenvalue weighted by Crippen LogP contribution is -1.97. The predicted octanol–water partition coefficient (Wildman–Crippen LogP) is 2.57. The van der Waals surface area contributed by atoms with E-state index < -0.39 is 0 Å². The average Bonchev–Trinajstić information content (AvgIpc) is 1.99. The van der Waals surface area contributed by atoms with Crippen LogP contribution in [0.15, 0.2) is 0 Å². The van der Waals surface area contributed by atoms with Crippen molar-refractivity contribution in [2.75, 3.05) is 0 Å². The highest BCUT2D eigenvalue weighted by atomic mass is 16.1. The van der Waals surface area contributed by atoms with Gasteiger partial charge in [0.25, 0.3) is 0 Å². The highest BCUT2D eigenvalue weighted by molar-refractivity contribution is 5.90. The summed E-state index contributed by atoms with van der Waals surface area (Å²) in [6, 6.07) is 0. The third-order valence-corrected chi connectivity index (χ3v) is 1.64. The minimum Gasteiger partial charge on any atom is -0.313 e. The summed E-state index contributed by atoms with van der Waals surface area (Å²) in [5, 5.41) is 6.70. The number of nitrogens with one attached hydrogen (secondary N) is 1. The van der Waals surface area contributed by atoms with E-state index in [1.165, 1.54) is 19.1 Å². The van der Waals surface area contributed by atoms with E-state index in [9.17, 15) is 4.79 Å². The van der Waals surface area contributed by atoms with E-state index in [1.807, 2.05) is 0 Å². The summed E-state index contributed by atoms with van der Waals surface area (Å²) in [7, 11) is 0. The van der Waals surface area contributed by atoms with Crippen molar-refractivity contribution >= 4 is 12.0 Å². The predicted molar refractivity (Wildman–Crippen MR) is 47.2 cm³/mol. The van der Waals surface area contributed by atoms with Gasteiger partial charge in [0, 0.05) is 19.1 Å². The highest BCUT2D eigenvalue weighted by Gasteiger charge is 1.97. The summed E-state index contributed by atoms with van der Waals surface area (Å²) in [5.41, 5.74) is 0. The van der Waals surface area contributed by atoms with Crippen LogP contribution in [0.25, 0.3) is 0 Å². The maximum Gasteiger partial charge on any atom is 0.138 e. The van der Waals surface area contributed by atoms with Gasteiger partial charge in [0.05, 0.1) is 0 Å². The van der Waals surface area contributed by atoms with Crippen molar-refractivity contribution in [1.82, 2.24) is 0 Å². The summed E-state index contributed by atoms with van der Waals surface area (Å²) in [5.74, 6) is 0.205. The molecule has 0 aliphatic rings. The fourth-order valence-electron chi connectivity index (χ4n) is 0.965. The largest absolute Gasteiger partial charge is 0.313 e. The number of ketones is 1. The fourth-order valence-corrected chi connectivity index (χ4v) is 0.965. The Morgan fingerprint density at radius 1 is 1.36 bits per heavy atom. The molecule has 1 N–H and O–H groups in total. The van der Waals surface area contributed by atoms with Crippen molar-refractivity contribution in [1.29, 1.82) is 5.41 Å². The molecule has 0 fully saturated rings. The number of carbonyl (C=O) groups excluding carboxylic acids is 1. The van der Waals surface area contributed by atoms with Gasteiger partial charge < -0.3 is 5.41 Å². The van der Waals surface area contributed by atoms with E-state index in [-0.39, 0.29) is 5.78 Å². The van der Waals surface area contributed by atoms with Crippen LogP contribution in [0.4, 0.5) is 0 Å². The number of carbonyl (C=O) groups is 1. The first kappa shape index (κ1) is 10.3. The van der Waals surface area contributed by atoms with Crippen LogP contribution in [0.5, 0.6) is 0 Å². The van der Waals surface area contributed by atoms with Crippen LogP contribution in [0.2, 0.25) is 0 Å². The number of unbranched alkanes of at least 4 members (excludes halogenated alkanes) is 3. The molecule has 0 aromatic heterocycles. The first-order valence-electron chi connectivity index (χ1n) is 4.32. The average molecular weight is 155 g/mol. The van der Waals surface area contributed by atoms with Crippen molar-refractivity contribution in [2.45, 2.75) is 45.4 Å². The monoisotopic (exact) mass is 155 g/mol. The summed E-state index contributed by atoms with van der Waals surface area (Å²) in [6.45, 7) is 2.15. The Hall–Kier alpha value is -0.660. The molecule has 0 bridgehead atoms. The van der Waals surface area contributed by atoms with Gasteiger partial charge >= 0.3 is 0 Å². The molecule has 0 aromatic carbocycles. The molecule has 0 aliphatic carbocycles. The first-order chi connectivity index (χ1) is 5.31. The molecule has 0 saturated carbocycles. The molecule has 0 spiro atoms. The van der Waals surface area contributed by atoms with Crippen LogP contribution >= 0.6 is 0 Å². The Labute approximate surface area is 68.5 Å². The lowest BCUT2D eigenvalue weighted by molar-refractivity contribution is -0.117. The van der Waals surface area contributed by atoms with E-state index >= 15 is 0 Å². The topological polar surface area (TPSA) is 40.9 Å². The normalized spacial score (nSPS) is 9.55. The molecule has 64 valence electrons. The summed E-state index contributed by atoms with van der Waals surface area (Å²) in [4.78, 5) is 10.9. The van der Waals surface area contributed by atoms with Gasteiger partial charge in [-0.15, -0.1) is 0 Å². The van der Waals surface area contributed by atoms with Crippen molar-refractivity contribution in [2.24, 2.45) is 0 Å². The highest BCUT2D eigenvalue weighted by Crippen LogP contribution is 2.03. The zero-order valence-corrected chi connectivity index (χ0v) is 7.23. The number of rotatable bonds is 7. The Bertz CT molecular complexity index is 121. The Balaban J connectivity index is 3.10. The molecule has 0 radical (unpaired) electrons. The van der Waals surface area contributed by atoms with Gasteiger partial charge in [-0.05, 0) is 6.42 Å². The summed E-state index contributed by atoms with van der Waals surface area (Å²) < 4.78 is 0. The van der Waals surface area contributed by atoms with Crippen LogP contribution < -0.4 is 0 Å². The van der Waals surface area contributed by atoms with E-state index in [2.05, 4.69) is 6.92 Å². The molecule has 0 aromatic rings. The van der Waals surface area contributed by atoms with Gasteiger partial charge in [0.15, 0.2) is 0 Å². The van der Waals surface area contributed by atoms with Gasteiger partial charge in [-0.2, -0.15) is 0 Å². The molecular weight excluding hydrogens is 138 g/mol. The number of hydrogen-bond acceptors (Lipinski definition) is 2. The number of Topliss-reactive ketones (excluding diaryl/α,β-unsaturated/α-hetero) is 1. The lowest BCUT2D eigenvalue weighted by atomic mass is 10.1. The van der Waals surface area contributed by atoms with Crippen molar-refractivity contribution < 1.29 is 4.79 Å². The molecule has 0 saturated heterocycles. The second kappa shape index (κ2) is 7.45. The first-order valence-corrected chi connectivity index (χ1v) is 4.32. The molecule has 2 heteroatoms. The zero-order chi connectivity index (χ0) is 8.53. The Morgan fingerprint density at radius 2 is 2.09 bits per heavy atom. The second-order valence-corrected chi connectivity index (χ2v) is 2.76.